The number of pyridine rings is 1. The van der Waals surface area contributed by atoms with Crippen molar-refractivity contribution in [1.82, 2.24) is 24.5 Å². The van der Waals surface area contributed by atoms with Crippen LogP contribution < -0.4 is 4.74 Å². The molecule has 0 aliphatic heterocycles. The summed E-state index contributed by atoms with van der Waals surface area (Å²) >= 11 is 5.12. The number of carbonyl (C=O) groups is 4. The van der Waals surface area contributed by atoms with E-state index in [0.29, 0.717) is 22.7 Å². The van der Waals surface area contributed by atoms with Crippen LogP contribution in [-0.4, -0.2) is 75.1 Å². The number of nitrogens with zero attached hydrogens (tertiary/aromatic N) is 5. The van der Waals surface area contributed by atoms with Gasteiger partial charge in [-0.15, -0.1) is 0 Å². The van der Waals surface area contributed by atoms with Crippen molar-refractivity contribution in [2.24, 2.45) is 0 Å². The van der Waals surface area contributed by atoms with Crippen LogP contribution >= 0.6 is 11.6 Å². The lowest BCUT2D eigenvalue weighted by atomic mass is 9.87. The zero-order valence-corrected chi connectivity index (χ0v) is 26.8. The topological polar surface area (TPSA) is 150 Å². The number of hydrogen-bond acceptors (Lipinski definition) is 9. The maximum absolute atomic E-state index is 11.4. The molecule has 1 amide bonds. The number of hydrogen-bond donors (Lipinski definition) is 1. The molecule has 1 aromatic carbocycles. The van der Waals surface area contributed by atoms with Gasteiger partial charge in [-0.2, -0.15) is 0 Å². The first-order valence-corrected chi connectivity index (χ1v) is 13.8. The third-order valence-corrected chi connectivity index (χ3v) is 6.27. The number of methoxy groups -OCH3 is 2. The van der Waals surface area contributed by atoms with Crippen molar-refractivity contribution < 1.29 is 33.4 Å². The Kier molecular flexibility index (Phi) is 13.3. The molecule has 14 heteroatoms. The Bertz CT molecular complexity index is 1610. The number of ether oxygens (including phenoxy) is 3. The molecular formula is C31H35ClN6O7. The molecule has 1 N–H and O–H groups in total. The third kappa shape index (κ3) is 10.5. The predicted octanol–water partition coefficient (Wildman–Crippen LogP) is 5.49. The van der Waals surface area contributed by atoms with E-state index in [0.717, 1.165) is 24.7 Å². The Balaban J connectivity index is 0.000000295. The molecule has 0 fully saturated rings. The highest BCUT2D eigenvalue weighted by Crippen LogP contribution is 2.37. The van der Waals surface area contributed by atoms with Gasteiger partial charge in [0, 0.05) is 30.4 Å². The summed E-state index contributed by atoms with van der Waals surface area (Å²) in [6.45, 7) is 16.2. The van der Waals surface area contributed by atoms with Crippen LogP contribution in [0.15, 0.2) is 54.9 Å². The molecule has 3 aromatic heterocycles. The number of rotatable bonds is 6. The van der Waals surface area contributed by atoms with Crippen molar-refractivity contribution >= 4 is 46.2 Å². The molecule has 3 heterocycles. The lowest BCUT2D eigenvalue weighted by Crippen LogP contribution is -2.37. The highest BCUT2D eigenvalue weighted by molar-refractivity contribution is 6.63. The first-order valence-electron chi connectivity index (χ1n) is 13.4. The van der Waals surface area contributed by atoms with E-state index in [4.69, 9.17) is 22.9 Å². The molecule has 0 bridgehead atoms. The highest BCUT2D eigenvalue weighted by Gasteiger charge is 2.23. The number of fused-ring (bicyclic) bond motifs is 1. The van der Waals surface area contributed by atoms with Gasteiger partial charge in [0.1, 0.15) is 18.7 Å². The van der Waals surface area contributed by atoms with Gasteiger partial charge in [0.2, 0.25) is 5.88 Å². The van der Waals surface area contributed by atoms with Gasteiger partial charge in [-0.3, -0.25) is 29.3 Å². The standard InChI is InChI=1S/C19H20N4O2.C7H10ClNO5.C5H5N/c1-11-15(20-6)18(25-12(2)24)23-17(11)21-16(22-23)13-7-9-14(10-8-13)19(3,4)5;1-13-5(10)3-9(7(8)12)4-6(11)14-2;1-2-4-6-5-3-1/h7-10H,1-5H3,(H,21,22);3-4H2,1-2H3;1-5H. The van der Waals surface area contributed by atoms with Gasteiger partial charge >= 0.3 is 23.3 Å². The predicted molar refractivity (Wildman–Crippen MR) is 167 cm³/mol. The summed E-state index contributed by atoms with van der Waals surface area (Å²) < 4.78 is 15.4. The van der Waals surface area contributed by atoms with Gasteiger partial charge in [0.05, 0.1) is 20.8 Å². The Morgan fingerprint density at radius 3 is 1.93 bits per heavy atom. The molecule has 13 nitrogen and oxygen atoms in total. The molecule has 4 aromatic rings. The van der Waals surface area contributed by atoms with Gasteiger partial charge in [0.15, 0.2) is 5.82 Å². The minimum absolute atomic E-state index is 0.0817. The molecule has 0 aliphatic rings. The normalized spacial score (nSPS) is 10.3. The maximum atomic E-state index is 11.4. The number of H-pyrrole nitrogens is 1. The molecule has 0 saturated heterocycles. The van der Waals surface area contributed by atoms with Gasteiger partial charge in [-0.05, 0) is 41.6 Å². The number of aromatic amines is 1. The zero-order valence-electron chi connectivity index (χ0n) is 26.1. The van der Waals surface area contributed by atoms with Gasteiger partial charge < -0.3 is 19.1 Å². The van der Waals surface area contributed by atoms with Crippen LogP contribution in [0, 0.1) is 13.5 Å². The Morgan fingerprint density at radius 2 is 1.56 bits per heavy atom. The molecule has 0 radical (unpaired) electrons. The minimum Gasteiger partial charge on any atom is -0.468 e. The van der Waals surface area contributed by atoms with E-state index in [1.165, 1.54) is 12.5 Å². The minimum atomic E-state index is -0.916. The summed E-state index contributed by atoms with van der Waals surface area (Å²) in [6, 6.07) is 13.9. The second-order valence-electron chi connectivity index (χ2n) is 10.3. The number of amides is 1. The van der Waals surface area contributed by atoms with Crippen molar-refractivity contribution in [3.63, 3.8) is 0 Å². The molecule has 0 spiro atoms. The van der Waals surface area contributed by atoms with Gasteiger partial charge in [0.25, 0.3) is 5.69 Å². The number of aryl methyl sites for hydroxylation is 1. The summed E-state index contributed by atoms with van der Waals surface area (Å²) in [5.41, 5.74) is 3.80. The Labute approximate surface area is 265 Å². The number of halogens is 1. The van der Waals surface area contributed by atoms with Crippen molar-refractivity contribution in [2.45, 2.75) is 40.0 Å². The monoisotopic (exact) mass is 638 g/mol. The second kappa shape index (κ2) is 16.6. The van der Waals surface area contributed by atoms with Crippen LogP contribution in [0.5, 0.6) is 5.88 Å². The highest BCUT2D eigenvalue weighted by atomic mass is 35.5. The van der Waals surface area contributed by atoms with Crippen molar-refractivity contribution in [2.75, 3.05) is 27.3 Å². The second-order valence-corrected chi connectivity index (χ2v) is 10.7. The number of nitrogens with one attached hydrogen (secondary N) is 1. The Hall–Kier alpha value is -5.22. The fraction of sp³-hybridized carbons (Fsp3) is 0.323. The van der Waals surface area contributed by atoms with Crippen LogP contribution in [0.4, 0.5) is 10.5 Å². The van der Waals surface area contributed by atoms with Crippen LogP contribution in [0.25, 0.3) is 21.9 Å². The lowest BCUT2D eigenvalue weighted by Gasteiger charge is -2.18. The molecule has 0 atom stereocenters. The average molecular weight is 639 g/mol. The largest absolute Gasteiger partial charge is 0.468 e. The van der Waals surface area contributed by atoms with Crippen molar-refractivity contribution in [3.8, 4) is 17.3 Å². The number of carbonyl (C=O) groups excluding carboxylic acids is 4. The maximum Gasteiger partial charge on any atom is 0.325 e. The molecule has 0 aliphatic carbocycles. The van der Waals surface area contributed by atoms with Crippen LogP contribution in [-0.2, 0) is 29.3 Å². The molecule has 45 heavy (non-hydrogen) atoms. The van der Waals surface area contributed by atoms with E-state index in [2.05, 4.69) is 62.3 Å². The zero-order chi connectivity index (χ0) is 33.7. The third-order valence-electron chi connectivity index (χ3n) is 6.03. The quantitative estimate of drug-likeness (QED) is 0.125. The lowest BCUT2D eigenvalue weighted by molar-refractivity contribution is -0.144. The van der Waals surface area contributed by atoms with Crippen LogP contribution in [0.2, 0.25) is 0 Å². The fourth-order valence-electron chi connectivity index (χ4n) is 3.66. The number of esters is 3. The smallest absolute Gasteiger partial charge is 0.325 e. The average Bonchev–Trinajstić information content (AvgIpc) is 3.55. The van der Waals surface area contributed by atoms with E-state index >= 15 is 0 Å². The van der Waals surface area contributed by atoms with Gasteiger partial charge in [-0.1, -0.05) is 51.1 Å². The molecule has 238 valence electrons. The summed E-state index contributed by atoms with van der Waals surface area (Å²) in [5.74, 6) is -0.968. The van der Waals surface area contributed by atoms with E-state index in [-0.39, 0.29) is 24.4 Å². The molecular weight excluding hydrogens is 604 g/mol. The summed E-state index contributed by atoms with van der Waals surface area (Å²) in [6.07, 6.45) is 3.50. The SMILES string of the molecule is COC(=O)CN(CC(=O)OC)C(=O)Cl.[C-]#[N+]c1c(C)c2nc(-c3ccc(C(C)(C)C)cc3)[nH]n2c1OC(C)=O.c1ccncc1. The van der Waals surface area contributed by atoms with Crippen molar-refractivity contribution in [3.05, 3.63) is 77.4 Å². The number of aromatic nitrogens is 4. The summed E-state index contributed by atoms with van der Waals surface area (Å²) in [4.78, 5) is 56.3. The van der Waals surface area contributed by atoms with E-state index in [9.17, 15) is 19.2 Å². The molecule has 0 unspecified atom stereocenters. The summed E-state index contributed by atoms with van der Waals surface area (Å²) in [7, 11) is 2.33. The van der Waals surface area contributed by atoms with Crippen LogP contribution in [0.1, 0.15) is 38.8 Å². The van der Waals surface area contributed by atoms with Gasteiger partial charge in [-0.25, -0.2) is 14.3 Å². The first kappa shape index (κ1) is 36.0. The fourth-order valence-corrected chi connectivity index (χ4v) is 3.78. The first-order chi connectivity index (χ1) is 21.2. The molecule has 0 saturated carbocycles. The van der Waals surface area contributed by atoms with Crippen LogP contribution in [0.3, 0.4) is 0 Å². The summed E-state index contributed by atoms with van der Waals surface area (Å²) in [5, 5.41) is 2.21. The van der Waals surface area contributed by atoms with Crippen molar-refractivity contribution in [1.29, 1.82) is 0 Å². The Morgan fingerprint density at radius 1 is 1.00 bits per heavy atom. The van der Waals surface area contributed by atoms with E-state index in [1.54, 1.807) is 23.8 Å². The molecule has 4 rings (SSSR count). The van der Waals surface area contributed by atoms with E-state index in [1.807, 2.05) is 30.3 Å². The van der Waals surface area contributed by atoms with E-state index < -0.39 is 23.3 Å². The number of benzene rings is 1.